The molecular weight excluding hydrogens is 280 g/mol. The van der Waals surface area contributed by atoms with E-state index in [1.54, 1.807) is 19.2 Å². The number of rotatable bonds is 5. The maximum atomic E-state index is 12.4. The van der Waals surface area contributed by atoms with Crippen molar-refractivity contribution in [3.05, 3.63) is 29.3 Å². The Morgan fingerprint density at radius 3 is 2.42 bits per heavy atom. The van der Waals surface area contributed by atoms with Crippen LogP contribution in [-0.4, -0.2) is 31.3 Å². The molecule has 4 nitrogen and oxygen atoms in total. The number of nitrogens with zero attached hydrogens (tertiary/aromatic N) is 1. The van der Waals surface area contributed by atoms with Gasteiger partial charge in [0.05, 0.1) is 9.88 Å². The second kappa shape index (κ2) is 5.98. The molecule has 0 amide bonds. The Hall–Kier alpha value is -0.980. The first-order chi connectivity index (χ1) is 8.66. The molecule has 106 valence electrons. The summed E-state index contributed by atoms with van der Waals surface area (Å²) in [6.07, 6.45) is 0. The van der Waals surface area contributed by atoms with Gasteiger partial charge in [-0.25, -0.2) is 12.7 Å². The minimum Gasteiger partial charge on any atom is -0.393 e. The molecule has 0 aliphatic heterocycles. The molecule has 1 aromatic carbocycles. The highest BCUT2D eigenvalue weighted by molar-refractivity contribution is 7.89. The molecule has 0 saturated heterocycles. The fraction of sp³-hybridized carbons (Fsp3) is 0.462. The largest absolute Gasteiger partial charge is 0.393 e. The van der Waals surface area contributed by atoms with Gasteiger partial charge in [0, 0.05) is 19.5 Å². The van der Waals surface area contributed by atoms with Crippen LogP contribution in [0.3, 0.4) is 0 Å². The lowest BCUT2D eigenvalue weighted by Crippen LogP contribution is -2.35. The molecule has 1 aromatic rings. The van der Waals surface area contributed by atoms with Gasteiger partial charge in [-0.05, 0) is 37.1 Å². The molecule has 0 spiro atoms. The van der Waals surface area contributed by atoms with Gasteiger partial charge in [0.15, 0.2) is 0 Å². The van der Waals surface area contributed by atoms with E-state index in [1.165, 1.54) is 4.31 Å². The van der Waals surface area contributed by atoms with Crippen LogP contribution < -0.4 is 5.73 Å². The highest BCUT2D eigenvalue weighted by atomic mass is 32.2. The lowest BCUT2D eigenvalue weighted by atomic mass is 10.1. The number of thiocarbonyl (C=S) groups is 1. The van der Waals surface area contributed by atoms with Crippen molar-refractivity contribution in [3.8, 4) is 0 Å². The van der Waals surface area contributed by atoms with E-state index in [4.69, 9.17) is 18.0 Å². The first-order valence-electron chi connectivity index (χ1n) is 5.99. The Labute approximate surface area is 120 Å². The maximum absolute atomic E-state index is 12.4. The maximum Gasteiger partial charge on any atom is 0.242 e. The first-order valence-corrected chi connectivity index (χ1v) is 7.84. The summed E-state index contributed by atoms with van der Waals surface area (Å²) in [7, 11) is -1.95. The summed E-state index contributed by atoms with van der Waals surface area (Å²) in [5.74, 6) is -0.152. The molecular formula is C13H20N2O2S2. The second-order valence-corrected chi connectivity index (χ2v) is 7.35. The number of hydrogen-bond acceptors (Lipinski definition) is 3. The van der Waals surface area contributed by atoms with Gasteiger partial charge in [-0.1, -0.05) is 25.2 Å². The van der Waals surface area contributed by atoms with Crippen molar-refractivity contribution in [2.24, 2.45) is 11.7 Å². The van der Waals surface area contributed by atoms with E-state index in [9.17, 15) is 8.42 Å². The average molecular weight is 300 g/mol. The zero-order valence-electron chi connectivity index (χ0n) is 11.7. The van der Waals surface area contributed by atoms with E-state index >= 15 is 0 Å². The molecule has 0 heterocycles. The summed E-state index contributed by atoms with van der Waals surface area (Å²) >= 11 is 4.87. The van der Waals surface area contributed by atoms with Crippen LogP contribution in [0.2, 0.25) is 0 Å². The number of hydrogen-bond donors (Lipinski definition) is 1. The Bertz CT molecular complexity index is 582. The summed E-state index contributed by atoms with van der Waals surface area (Å²) in [6.45, 7) is 5.94. The molecule has 0 fully saturated rings. The van der Waals surface area contributed by atoms with E-state index in [2.05, 4.69) is 0 Å². The minimum absolute atomic E-state index is 0.152. The number of nitrogens with two attached hydrogens (primary N) is 1. The summed E-state index contributed by atoms with van der Waals surface area (Å²) < 4.78 is 26.1. The number of aryl methyl sites for hydroxylation is 2. The molecule has 0 aliphatic rings. The van der Waals surface area contributed by atoms with Crippen LogP contribution in [0.5, 0.6) is 0 Å². The van der Waals surface area contributed by atoms with Crippen molar-refractivity contribution in [1.82, 2.24) is 4.31 Å². The van der Waals surface area contributed by atoms with Crippen LogP contribution in [0, 0.1) is 19.8 Å². The molecule has 19 heavy (non-hydrogen) atoms. The third kappa shape index (κ3) is 3.75. The quantitative estimate of drug-likeness (QED) is 0.843. The van der Waals surface area contributed by atoms with Crippen LogP contribution in [0.25, 0.3) is 0 Å². The highest BCUT2D eigenvalue weighted by Crippen LogP contribution is 2.19. The Morgan fingerprint density at radius 2 is 1.95 bits per heavy atom. The van der Waals surface area contributed by atoms with E-state index in [-0.39, 0.29) is 12.5 Å². The zero-order chi connectivity index (χ0) is 14.8. The van der Waals surface area contributed by atoms with Crippen molar-refractivity contribution in [2.45, 2.75) is 25.7 Å². The normalized spacial score (nSPS) is 13.5. The van der Waals surface area contributed by atoms with Crippen LogP contribution in [0.15, 0.2) is 23.1 Å². The second-order valence-electron chi connectivity index (χ2n) is 4.84. The smallest absolute Gasteiger partial charge is 0.242 e. The van der Waals surface area contributed by atoms with Crippen LogP contribution in [-0.2, 0) is 10.0 Å². The first kappa shape index (κ1) is 16.1. The monoisotopic (exact) mass is 300 g/mol. The molecule has 1 atom stereocenters. The number of benzene rings is 1. The summed E-state index contributed by atoms with van der Waals surface area (Å²) in [6, 6.07) is 5.12. The summed E-state index contributed by atoms with van der Waals surface area (Å²) in [4.78, 5) is 0.621. The standard InChI is InChI=1S/C13H20N2O2S2/c1-9-5-6-12(7-10(9)2)19(16,17)15(4)8-11(3)13(14)18/h5-7,11H,8H2,1-4H3,(H2,14,18). The molecule has 2 N–H and O–H groups in total. The van der Waals surface area contributed by atoms with Gasteiger partial charge in [0.25, 0.3) is 0 Å². The Kier molecular flexibility index (Phi) is 5.06. The fourth-order valence-corrected chi connectivity index (χ4v) is 3.05. The lowest BCUT2D eigenvalue weighted by Gasteiger charge is -2.21. The third-order valence-electron chi connectivity index (χ3n) is 3.20. The van der Waals surface area contributed by atoms with Crippen molar-refractivity contribution in [1.29, 1.82) is 0 Å². The SMILES string of the molecule is Cc1ccc(S(=O)(=O)N(C)CC(C)C(N)=S)cc1C. The topological polar surface area (TPSA) is 63.4 Å². The lowest BCUT2D eigenvalue weighted by molar-refractivity contribution is 0.445. The Morgan fingerprint density at radius 1 is 1.37 bits per heavy atom. The van der Waals surface area contributed by atoms with Crippen LogP contribution in [0.1, 0.15) is 18.1 Å². The van der Waals surface area contributed by atoms with Crippen molar-refractivity contribution >= 4 is 27.2 Å². The number of sulfonamides is 1. The highest BCUT2D eigenvalue weighted by Gasteiger charge is 2.23. The van der Waals surface area contributed by atoms with Gasteiger partial charge < -0.3 is 5.73 Å². The fourth-order valence-electron chi connectivity index (χ4n) is 1.63. The molecule has 0 bridgehead atoms. The third-order valence-corrected chi connectivity index (χ3v) is 5.42. The molecule has 0 aliphatic carbocycles. The van der Waals surface area contributed by atoms with Crippen molar-refractivity contribution in [2.75, 3.05) is 13.6 Å². The van der Waals surface area contributed by atoms with Crippen LogP contribution >= 0.6 is 12.2 Å². The van der Waals surface area contributed by atoms with Gasteiger partial charge in [0.1, 0.15) is 0 Å². The van der Waals surface area contributed by atoms with Gasteiger partial charge in [-0.2, -0.15) is 0 Å². The predicted octanol–water partition coefficient (Wildman–Crippen LogP) is 1.85. The van der Waals surface area contributed by atoms with E-state index in [1.807, 2.05) is 26.8 Å². The molecule has 0 saturated carbocycles. The van der Waals surface area contributed by atoms with E-state index in [0.717, 1.165) is 11.1 Å². The van der Waals surface area contributed by atoms with Gasteiger partial charge in [-0.15, -0.1) is 0 Å². The molecule has 1 rings (SSSR count). The van der Waals surface area contributed by atoms with E-state index in [0.29, 0.717) is 9.88 Å². The zero-order valence-corrected chi connectivity index (χ0v) is 13.3. The summed E-state index contributed by atoms with van der Waals surface area (Å²) in [5, 5.41) is 0. The summed E-state index contributed by atoms with van der Waals surface area (Å²) in [5.41, 5.74) is 7.54. The van der Waals surface area contributed by atoms with Gasteiger partial charge in [0.2, 0.25) is 10.0 Å². The average Bonchev–Trinajstić information content (AvgIpc) is 2.32. The van der Waals surface area contributed by atoms with Crippen molar-refractivity contribution in [3.63, 3.8) is 0 Å². The van der Waals surface area contributed by atoms with E-state index < -0.39 is 10.0 Å². The molecule has 0 radical (unpaired) electrons. The molecule has 6 heteroatoms. The van der Waals surface area contributed by atoms with Gasteiger partial charge in [-0.3, -0.25) is 0 Å². The molecule has 0 aromatic heterocycles. The predicted molar refractivity (Wildman–Crippen MR) is 81.7 cm³/mol. The van der Waals surface area contributed by atoms with Gasteiger partial charge >= 0.3 is 0 Å². The van der Waals surface area contributed by atoms with Crippen molar-refractivity contribution < 1.29 is 8.42 Å². The Balaban J connectivity index is 3.03. The molecule has 1 unspecified atom stereocenters. The minimum atomic E-state index is -3.49. The van der Waals surface area contributed by atoms with Crippen LogP contribution in [0.4, 0.5) is 0 Å².